The fourth-order valence-corrected chi connectivity index (χ4v) is 4.49. The van der Waals surface area contributed by atoms with E-state index in [0.29, 0.717) is 17.6 Å². The molecule has 2 amide bonds. The number of halogens is 2. The lowest BCUT2D eigenvalue weighted by atomic mass is 10.1. The minimum Gasteiger partial charge on any atom is -0.383 e. The number of nitrogens with one attached hydrogen (secondary N) is 1. The number of aromatic nitrogens is 4. The van der Waals surface area contributed by atoms with E-state index in [2.05, 4.69) is 25.3 Å². The number of likely N-dealkylation sites (tertiary alicyclic amines) is 1. The molecular weight excluding hydrogens is 487 g/mol. The summed E-state index contributed by atoms with van der Waals surface area (Å²) < 4.78 is 16.4. The van der Waals surface area contributed by atoms with E-state index < -0.39 is 11.7 Å². The number of likely N-dealkylation sites (N-methyl/N-ethyl adjacent to an activating group) is 1. The zero-order chi connectivity index (χ0) is 26.0. The molecule has 36 heavy (non-hydrogen) atoms. The number of allylic oxidation sites excluding steroid dienone is 1. The van der Waals surface area contributed by atoms with Gasteiger partial charge in [0.15, 0.2) is 11.3 Å². The normalized spacial score (nSPS) is 16.0. The Kier molecular flexibility index (Phi) is 7.39. The summed E-state index contributed by atoms with van der Waals surface area (Å²) in [6.45, 7) is 3.60. The third-order valence-corrected chi connectivity index (χ3v) is 6.40. The lowest BCUT2D eigenvalue weighted by molar-refractivity contribution is -0.128. The van der Waals surface area contributed by atoms with Gasteiger partial charge in [-0.15, -0.1) is 0 Å². The van der Waals surface area contributed by atoms with Crippen LogP contribution >= 0.6 is 11.6 Å². The molecule has 0 spiro atoms. The number of anilines is 2. The Balaban J connectivity index is 1.66. The molecule has 1 aliphatic heterocycles. The van der Waals surface area contributed by atoms with Crippen LogP contribution in [0.4, 0.5) is 15.9 Å². The summed E-state index contributed by atoms with van der Waals surface area (Å²) in [6, 6.07) is 2.40. The van der Waals surface area contributed by atoms with Crippen molar-refractivity contribution in [2.24, 2.45) is 0 Å². The monoisotopic (exact) mass is 514 g/mol. The molecule has 3 heterocycles. The third kappa shape index (κ3) is 5.11. The number of fused-ring (bicyclic) bond motifs is 1. The molecule has 0 saturated carbocycles. The van der Waals surface area contributed by atoms with Crippen molar-refractivity contribution in [2.75, 3.05) is 38.2 Å². The molecule has 1 atom stereocenters. The van der Waals surface area contributed by atoms with Gasteiger partial charge in [-0.05, 0) is 43.7 Å². The van der Waals surface area contributed by atoms with E-state index in [-0.39, 0.29) is 46.2 Å². The molecule has 3 aromatic rings. The van der Waals surface area contributed by atoms with Crippen LogP contribution in [0.2, 0.25) is 5.02 Å². The summed E-state index contributed by atoms with van der Waals surface area (Å²) in [5.41, 5.74) is 6.78. The average molecular weight is 515 g/mol. The molecule has 3 N–H and O–H groups in total. The molecule has 12 heteroatoms. The Morgan fingerprint density at radius 2 is 2.11 bits per heavy atom. The molecule has 10 nitrogen and oxygen atoms in total. The maximum atomic E-state index is 14.7. The highest BCUT2D eigenvalue weighted by Crippen LogP contribution is 2.31. The number of nitrogen functional groups attached to an aromatic ring is 1. The van der Waals surface area contributed by atoms with Gasteiger partial charge in [-0.2, -0.15) is 5.10 Å². The topological polar surface area (TPSA) is 122 Å². The SMILES string of the molecule is CC=CN1CCC[C@@H](n2nc(C(=O)Nc3cc(F)c(CC(=O)N(C)C)cc3Cl)c3c(N)ncnc32)C1. The maximum Gasteiger partial charge on any atom is 0.277 e. The Bertz CT molecular complexity index is 1340. The van der Waals surface area contributed by atoms with Crippen molar-refractivity contribution < 1.29 is 14.0 Å². The number of nitrogens with two attached hydrogens (primary N) is 1. The van der Waals surface area contributed by atoms with Gasteiger partial charge < -0.3 is 20.9 Å². The molecule has 4 rings (SSSR count). The van der Waals surface area contributed by atoms with E-state index in [1.165, 1.54) is 17.3 Å². The molecule has 0 radical (unpaired) electrons. The molecule has 190 valence electrons. The number of carbonyl (C=O) groups is 2. The fourth-order valence-electron chi connectivity index (χ4n) is 4.26. The summed E-state index contributed by atoms with van der Waals surface area (Å²) in [5, 5.41) is 7.61. The largest absolute Gasteiger partial charge is 0.383 e. The number of piperidine rings is 1. The molecule has 0 aliphatic carbocycles. The van der Waals surface area contributed by atoms with Gasteiger partial charge in [0, 0.05) is 27.2 Å². The Morgan fingerprint density at radius 1 is 1.33 bits per heavy atom. The highest BCUT2D eigenvalue weighted by atomic mass is 35.5. The van der Waals surface area contributed by atoms with Crippen LogP contribution in [0, 0.1) is 5.82 Å². The second kappa shape index (κ2) is 10.5. The predicted molar refractivity (Wildman–Crippen MR) is 136 cm³/mol. The number of rotatable bonds is 6. The van der Waals surface area contributed by atoms with E-state index in [9.17, 15) is 14.0 Å². The van der Waals surface area contributed by atoms with Crippen molar-refractivity contribution in [1.29, 1.82) is 0 Å². The lowest BCUT2D eigenvalue weighted by Gasteiger charge is -2.32. The summed E-state index contributed by atoms with van der Waals surface area (Å²) in [5.74, 6) is -1.44. The van der Waals surface area contributed by atoms with E-state index >= 15 is 0 Å². The Labute approximate surface area is 212 Å². The fraction of sp³-hybridized carbons (Fsp3) is 0.375. The van der Waals surface area contributed by atoms with Gasteiger partial charge >= 0.3 is 0 Å². The first-order valence-electron chi connectivity index (χ1n) is 11.5. The second-order valence-electron chi connectivity index (χ2n) is 8.87. The molecule has 1 saturated heterocycles. The lowest BCUT2D eigenvalue weighted by Crippen LogP contribution is -2.33. The van der Waals surface area contributed by atoms with Crippen LogP contribution in [-0.4, -0.2) is 68.5 Å². The highest BCUT2D eigenvalue weighted by Gasteiger charge is 2.28. The average Bonchev–Trinajstić information content (AvgIpc) is 3.24. The van der Waals surface area contributed by atoms with Gasteiger partial charge in [-0.25, -0.2) is 19.0 Å². The van der Waals surface area contributed by atoms with E-state index in [0.717, 1.165) is 25.5 Å². The molecule has 2 aromatic heterocycles. The number of nitrogens with zero attached hydrogens (tertiary/aromatic N) is 6. The smallest absolute Gasteiger partial charge is 0.277 e. The van der Waals surface area contributed by atoms with Crippen LogP contribution in [-0.2, 0) is 11.2 Å². The number of carbonyl (C=O) groups excluding carboxylic acids is 2. The summed E-state index contributed by atoms with van der Waals surface area (Å²) in [4.78, 5) is 37.2. The second-order valence-corrected chi connectivity index (χ2v) is 9.27. The molecule has 0 unspecified atom stereocenters. The van der Waals surface area contributed by atoms with Crippen molar-refractivity contribution in [1.82, 2.24) is 29.5 Å². The van der Waals surface area contributed by atoms with Gasteiger partial charge in [-0.1, -0.05) is 17.7 Å². The Morgan fingerprint density at radius 3 is 2.83 bits per heavy atom. The van der Waals surface area contributed by atoms with Gasteiger partial charge in [0.25, 0.3) is 5.91 Å². The molecule has 1 aromatic carbocycles. The highest BCUT2D eigenvalue weighted by molar-refractivity contribution is 6.34. The van der Waals surface area contributed by atoms with Gasteiger partial charge in [0.1, 0.15) is 18.0 Å². The molecular formula is C24H28ClFN8O2. The molecule has 0 bridgehead atoms. The van der Waals surface area contributed by atoms with Gasteiger partial charge in [0.05, 0.1) is 28.6 Å². The van der Waals surface area contributed by atoms with Crippen LogP contribution in [0.15, 0.2) is 30.7 Å². The van der Waals surface area contributed by atoms with Crippen molar-refractivity contribution in [3.63, 3.8) is 0 Å². The standard InChI is InChI=1S/C24H28ClFN8O2/c1-4-7-33-8-5-6-15(12-33)34-23-20(22(27)28-13-29-23)21(31-34)24(36)30-18-11-17(26)14(9-16(18)25)10-19(35)32(2)3/h4,7,9,11,13,15H,5-6,8,10,12H2,1-3H3,(H,30,36)(H2,27,28,29)/t15-/m1/s1. The van der Waals surface area contributed by atoms with Crippen molar-refractivity contribution in [3.8, 4) is 0 Å². The number of hydrogen-bond donors (Lipinski definition) is 2. The minimum absolute atomic E-state index is 0.0228. The van der Waals surface area contributed by atoms with E-state index in [1.807, 2.05) is 19.2 Å². The quantitative estimate of drug-likeness (QED) is 0.517. The molecule has 1 fully saturated rings. The zero-order valence-corrected chi connectivity index (χ0v) is 21.1. The van der Waals surface area contributed by atoms with Crippen LogP contribution in [0.5, 0.6) is 0 Å². The summed E-state index contributed by atoms with van der Waals surface area (Å²) >= 11 is 6.32. The van der Waals surface area contributed by atoms with Crippen LogP contribution in [0.25, 0.3) is 11.0 Å². The van der Waals surface area contributed by atoms with Crippen molar-refractivity contribution in [3.05, 3.63) is 52.8 Å². The first-order chi connectivity index (χ1) is 17.2. The number of hydrogen-bond acceptors (Lipinski definition) is 7. The van der Waals surface area contributed by atoms with Crippen LogP contribution in [0.3, 0.4) is 0 Å². The predicted octanol–water partition coefficient (Wildman–Crippen LogP) is 3.25. The van der Waals surface area contributed by atoms with Gasteiger partial charge in [0.2, 0.25) is 5.91 Å². The van der Waals surface area contributed by atoms with E-state index in [1.54, 1.807) is 18.8 Å². The summed E-state index contributed by atoms with van der Waals surface area (Å²) in [7, 11) is 3.17. The minimum atomic E-state index is -0.658. The molecule has 1 aliphatic rings. The van der Waals surface area contributed by atoms with Crippen LogP contribution < -0.4 is 11.1 Å². The summed E-state index contributed by atoms with van der Waals surface area (Å²) in [6.07, 6.45) is 7.01. The third-order valence-electron chi connectivity index (χ3n) is 6.09. The van der Waals surface area contributed by atoms with E-state index in [4.69, 9.17) is 17.3 Å². The first kappa shape index (κ1) is 25.4. The Hall–Kier alpha value is -3.73. The van der Waals surface area contributed by atoms with Crippen molar-refractivity contribution in [2.45, 2.75) is 32.2 Å². The maximum absolute atomic E-state index is 14.7. The zero-order valence-electron chi connectivity index (χ0n) is 20.3. The number of benzene rings is 1. The van der Waals surface area contributed by atoms with Crippen molar-refractivity contribution >= 4 is 46.0 Å². The van der Waals surface area contributed by atoms with Gasteiger partial charge in [-0.3, -0.25) is 9.59 Å². The number of amides is 2. The van der Waals surface area contributed by atoms with Crippen LogP contribution in [0.1, 0.15) is 41.9 Å². The first-order valence-corrected chi connectivity index (χ1v) is 11.9.